The van der Waals surface area contributed by atoms with Gasteiger partial charge in [-0.3, -0.25) is 4.79 Å². The monoisotopic (exact) mass is 374 g/mol. The van der Waals surface area contributed by atoms with Crippen LogP contribution in [0.2, 0.25) is 0 Å². The number of rotatable bonds is 3. The van der Waals surface area contributed by atoms with Crippen molar-refractivity contribution in [2.24, 2.45) is 0 Å². The van der Waals surface area contributed by atoms with Gasteiger partial charge in [0.25, 0.3) is 0 Å². The normalized spacial score (nSPS) is 21.7. The Balaban J connectivity index is 2.02. The van der Waals surface area contributed by atoms with Crippen LogP contribution in [0.1, 0.15) is 0 Å². The lowest BCUT2D eigenvalue weighted by Crippen LogP contribution is -2.31. The van der Waals surface area contributed by atoms with Gasteiger partial charge in [0.2, 0.25) is 11.5 Å². The third kappa shape index (κ3) is 3.97. The van der Waals surface area contributed by atoms with Crippen LogP contribution >= 0.6 is 11.8 Å². The Hall–Kier alpha value is -2.58. The molecule has 1 aromatic carbocycles. The fraction of sp³-hybridized carbons (Fsp3) is 0.278. The molecule has 0 radical (unpaired) electrons. The Morgan fingerprint density at radius 3 is 2.62 bits per heavy atom. The highest BCUT2D eigenvalue weighted by Gasteiger charge is 2.33. The van der Waals surface area contributed by atoms with Crippen molar-refractivity contribution in [2.75, 3.05) is 38.7 Å². The summed E-state index contributed by atoms with van der Waals surface area (Å²) in [5, 5.41) is 0.526. The van der Waals surface area contributed by atoms with Gasteiger partial charge in [0, 0.05) is 30.1 Å². The van der Waals surface area contributed by atoms with Gasteiger partial charge in [0.15, 0.2) is 6.61 Å². The summed E-state index contributed by atoms with van der Waals surface area (Å²) < 4.78 is 10.1. The average Bonchev–Trinajstić information content (AvgIpc) is 3.00. The summed E-state index contributed by atoms with van der Waals surface area (Å²) in [6, 6.07) is 7.72. The molecule has 2 aliphatic rings. The number of nitrogens with zero attached hydrogens (tertiary/aromatic N) is 2. The summed E-state index contributed by atoms with van der Waals surface area (Å²) in [7, 11) is 3.91. The Morgan fingerprint density at radius 1 is 1.12 bits per heavy atom. The maximum atomic E-state index is 12.5. The van der Waals surface area contributed by atoms with E-state index in [-0.39, 0.29) is 5.76 Å². The number of ether oxygens (including phenoxy) is 2. The second-order valence-corrected chi connectivity index (χ2v) is 6.97. The summed E-state index contributed by atoms with van der Waals surface area (Å²) in [5.74, 6) is -2.20. The Bertz CT molecular complexity index is 816. The van der Waals surface area contributed by atoms with Gasteiger partial charge >= 0.3 is 11.9 Å². The Morgan fingerprint density at radius 2 is 1.85 bits per heavy atom. The van der Waals surface area contributed by atoms with Crippen LogP contribution in [0.4, 0.5) is 5.69 Å². The first-order chi connectivity index (χ1) is 12.5. The van der Waals surface area contributed by atoms with Crippen molar-refractivity contribution in [3.05, 3.63) is 47.2 Å². The van der Waals surface area contributed by atoms with Crippen molar-refractivity contribution in [1.29, 1.82) is 0 Å². The summed E-state index contributed by atoms with van der Waals surface area (Å²) >= 11 is 1.36. The first-order valence-electron chi connectivity index (χ1n) is 7.99. The molecule has 0 aliphatic carbocycles. The first-order valence-corrected chi connectivity index (χ1v) is 8.80. The zero-order valence-corrected chi connectivity index (χ0v) is 15.2. The molecule has 26 heavy (non-hydrogen) atoms. The zero-order chi connectivity index (χ0) is 18.7. The van der Waals surface area contributed by atoms with Gasteiger partial charge in [-0.25, -0.2) is 9.59 Å². The maximum Gasteiger partial charge on any atom is 0.336 e. The topological polar surface area (TPSA) is 76.2 Å². The molecule has 8 heteroatoms. The highest BCUT2D eigenvalue weighted by atomic mass is 32.2. The van der Waals surface area contributed by atoms with E-state index in [1.54, 1.807) is 0 Å². The number of ketones is 1. The second-order valence-electron chi connectivity index (χ2n) is 5.94. The van der Waals surface area contributed by atoms with Gasteiger partial charge in [-0.2, -0.15) is 0 Å². The van der Waals surface area contributed by atoms with Crippen LogP contribution in [-0.4, -0.2) is 56.4 Å². The molecule has 0 fully saturated rings. The van der Waals surface area contributed by atoms with E-state index in [1.807, 2.05) is 48.2 Å². The number of fused-ring (bicyclic) bond motifs is 1. The van der Waals surface area contributed by atoms with Gasteiger partial charge in [-0.05, 0) is 26.2 Å². The number of cyclic esters (lactones) is 2. The number of thioether (sulfide) groups is 1. The Labute approximate surface area is 155 Å². The molecule has 1 aromatic rings. The Kier molecular flexibility index (Phi) is 5.43. The molecule has 0 saturated carbocycles. The number of carbonyl (C=O) groups is 3. The number of esters is 2. The summed E-state index contributed by atoms with van der Waals surface area (Å²) in [4.78, 5) is 40.9. The lowest BCUT2D eigenvalue weighted by molar-refractivity contribution is -0.143. The molecule has 0 spiro atoms. The van der Waals surface area contributed by atoms with Crippen molar-refractivity contribution in [2.45, 2.75) is 4.90 Å². The van der Waals surface area contributed by atoms with E-state index in [1.165, 1.54) is 11.8 Å². The van der Waals surface area contributed by atoms with Gasteiger partial charge in [-0.15, -0.1) is 0 Å². The quantitative estimate of drug-likeness (QED) is 0.583. The molecular weight excluding hydrogens is 356 g/mol. The highest BCUT2D eigenvalue weighted by Crippen LogP contribution is 2.47. The molecule has 3 rings (SSSR count). The standard InChI is InChI=1S/C18H18N2O5S/c1-19(2)9-10-20-12-5-3-4-6-14(12)26-18(20)17-13(21)11-24-15(22)7-8-16(23)25-17/h3-8H,9-11H2,1-2H3/b8-7+,18-17-. The van der Waals surface area contributed by atoms with E-state index in [2.05, 4.69) is 0 Å². The number of hydrogen-bond acceptors (Lipinski definition) is 8. The molecule has 0 atom stereocenters. The smallest absolute Gasteiger partial charge is 0.336 e. The van der Waals surface area contributed by atoms with Crippen molar-refractivity contribution >= 4 is 35.2 Å². The van der Waals surface area contributed by atoms with Crippen LogP contribution in [-0.2, 0) is 23.9 Å². The molecule has 0 amide bonds. The second kappa shape index (κ2) is 7.76. The van der Waals surface area contributed by atoms with E-state index < -0.39 is 24.3 Å². The number of hydrogen-bond donors (Lipinski definition) is 0. The van der Waals surface area contributed by atoms with Crippen LogP contribution in [0, 0.1) is 0 Å². The van der Waals surface area contributed by atoms with Gasteiger partial charge < -0.3 is 19.3 Å². The number of Topliss-reactive ketones (excluding diaryl/α,β-unsaturated/α-hetero) is 1. The number of likely N-dealkylation sites (N-methyl/N-ethyl adjacent to an activating group) is 1. The summed E-state index contributed by atoms with van der Waals surface area (Å²) in [6.45, 7) is 0.868. The number of benzene rings is 1. The van der Waals surface area contributed by atoms with E-state index in [9.17, 15) is 14.4 Å². The zero-order valence-electron chi connectivity index (χ0n) is 14.4. The van der Waals surface area contributed by atoms with E-state index in [4.69, 9.17) is 9.47 Å². The third-order valence-corrected chi connectivity index (χ3v) is 4.89. The molecule has 0 N–H and O–H groups in total. The minimum Gasteiger partial charge on any atom is -0.454 e. The minimum absolute atomic E-state index is 0.102. The summed E-state index contributed by atoms with van der Waals surface area (Å²) in [5.41, 5.74) is 0.943. The molecule has 2 heterocycles. The number of para-hydroxylation sites is 1. The molecule has 0 unspecified atom stereocenters. The number of anilines is 1. The molecular formula is C18H18N2O5S. The lowest BCUT2D eigenvalue weighted by atomic mass is 10.2. The molecule has 2 aliphatic heterocycles. The van der Waals surface area contributed by atoms with Crippen molar-refractivity contribution in [1.82, 2.24) is 4.90 Å². The molecule has 0 aromatic heterocycles. The van der Waals surface area contributed by atoms with Crippen LogP contribution in [0.5, 0.6) is 0 Å². The predicted molar refractivity (Wildman–Crippen MR) is 96.4 cm³/mol. The molecule has 136 valence electrons. The van der Waals surface area contributed by atoms with Crippen LogP contribution in [0.3, 0.4) is 0 Å². The maximum absolute atomic E-state index is 12.5. The fourth-order valence-electron chi connectivity index (χ4n) is 2.47. The van der Waals surface area contributed by atoms with Crippen molar-refractivity contribution in [3.63, 3.8) is 0 Å². The predicted octanol–water partition coefficient (Wildman–Crippen LogP) is 1.55. The van der Waals surface area contributed by atoms with Crippen molar-refractivity contribution < 1.29 is 23.9 Å². The minimum atomic E-state index is -0.788. The molecule has 0 bridgehead atoms. The largest absolute Gasteiger partial charge is 0.454 e. The lowest BCUT2D eigenvalue weighted by Gasteiger charge is -2.23. The third-order valence-electron chi connectivity index (χ3n) is 3.73. The van der Waals surface area contributed by atoms with Gasteiger partial charge in [0.1, 0.15) is 5.03 Å². The SMILES string of the molecule is CN(C)CCN1/C(=C2/OC(=O)/C=C/C(=O)OCC2=O)Sc2ccccc21. The highest BCUT2D eigenvalue weighted by molar-refractivity contribution is 8.03. The van der Waals surface area contributed by atoms with Gasteiger partial charge in [-0.1, -0.05) is 23.9 Å². The van der Waals surface area contributed by atoms with Crippen LogP contribution in [0.15, 0.2) is 52.1 Å². The average molecular weight is 374 g/mol. The van der Waals surface area contributed by atoms with E-state index >= 15 is 0 Å². The fourth-order valence-corrected chi connectivity index (χ4v) is 3.65. The van der Waals surface area contributed by atoms with Gasteiger partial charge in [0.05, 0.1) is 5.69 Å². The first kappa shape index (κ1) is 18.2. The van der Waals surface area contributed by atoms with Crippen molar-refractivity contribution in [3.8, 4) is 0 Å². The molecule has 0 saturated heterocycles. The molecule has 7 nitrogen and oxygen atoms in total. The van der Waals surface area contributed by atoms with Crippen LogP contribution in [0.25, 0.3) is 0 Å². The van der Waals surface area contributed by atoms with Crippen LogP contribution < -0.4 is 4.90 Å². The number of carbonyl (C=O) groups excluding carboxylic acids is 3. The summed E-state index contributed by atoms with van der Waals surface area (Å²) in [6.07, 6.45) is 1.90. The van der Waals surface area contributed by atoms with E-state index in [0.717, 1.165) is 29.3 Å². The van der Waals surface area contributed by atoms with E-state index in [0.29, 0.717) is 11.6 Å².